The van der Waals surface area contributed by atoms with E-state index >= 15 is 0 Å². The van der Waals surface area contributed by atoms with Gasteiger partial charge in [0, 0.05) is 0 Å². The van der Waals surface area contributed by atoms with Gasteiger partial charge in [-0.2, -0.15) is 23.4 Å². The minimum Gasteiger partial charge on any atom is -0.480 e. The van der Waals surface area contributed by atoms with Gasteiger partial charge in [-0.15, -0.1) is 0 Å². The van der Waals surface area contributed by atoms with Gasteiger partial charge in [-0.25, -0.2) is 8.42 Å². The van der Waals surface area contributed by atoms with Gasteiger partial charge in [0.1, 0.15) is 22.3 Å². The van der Waals surface area contributed by atoms with Crippen molar-refractivity contribution in [2.75, 3.05) is 12.8 Å². The Morgan fingerprint density at radius 2 is 1.96 bits per heavy atom. The molecule has 0 aliphatic rings. The monoisotopic (exact) mass is 357 g/mol. The summed E-state index contributed by atoms with van der Waals surface area (Å²) in [6, 6.07) is 5.80. The molecule has 1 aromatic carbocycles. The van der Waals surface area contributed by atoms with Crippen molar-refractivity contribution in [3.63, 3.8) is 0 Å². The number of hydrogen-bond acceptors (Lipinski definition) is 6. The number of nitrogens with two attached hydrogens (primary N) is 1. The van der Waals surface area contributed by atoms with E-state index in [0.29, 0.717) is 6.07 Å². The Morgan fingerprint density at radius 1 is 1.29 bits per heavy atom. The average molecular weight is 357 g/mol. The Morgan fingerprint density at radius 3 is 2.50 bits per heavy atom. The topological polar surface area (TPSA) is 106 Å². The zero-order chi connectivity index (χ0) is 18.1. The van der Waals surface area contributed by atoms with E-state index < -0.39 is 37.2 Å². The van der Waals surface area contributed by atoms with Crippen LogP contribution in [0.15, 0.2) is 40.1 Å². The van der Waals surface area contributed by atoms with Crippen molar-refractivity contribution in [1.29, 1.82) is 5.26 Å². The number of anilines is 1. The largest absolute Gasteiger partial charge is 0.480 e. The molecule has 0 saturated heterocycles. The zero-order valence-electron chi connectivity index (χ0n) is 12.1. The second-order valence-electron chi connectivity index (χ2n) is 4.57. The molecule has 0 spiro atoms. The van der Waals surface area contributed by atoms with Gasteiger partial charge in [0.15, 0.2) is 0 Å². The van der Waals surface area contributed by atoms with Crippen LogP contribution in [0.3, 0.4) is 0 Å². The minimum atomic E-state index is -4.70. The van der Waals surface area contributed by atoms with Crippen LogP contribution in [0, 0.1) is 11.3 Å². The van der Waals surface area contributed by atoms with E-state index in [1.54, 1.807) is 6.07 Å². The van der Waals surface area contributed by atoms with Crippen LogP contribution in [0.25, 0.3) is 0 Å². The number of nitrogen functional groups attached to an aromatic ring is 1. The van der Waals surface area contributed by atoms with E-state index in [1.165, 1.54) is 7.11 Å². The van der Waals surface area contributed by atoms with Crippen molar-refractivity contribution in [2.45, 2.75) is 16.0 Å². The molecule has 1 heterocycles. The summed E-state index contributed by atoms with van der Waals surface area (Å²) < 4.78 is 68.2. The molecular weight excluding hydrogens is 347 g/mol. The van der Waals surface area contributed by atoms with E-state index in [0.717, 1.165) is 24.3 Å². The van der Waals surface area contributed by atoms with Crippen LogP contribution in [0.2, 0.25) is 0 Å². The molecule has 0 saturated carbocycles. The maximum Gasteiger partial charge on any atom is 0.416 e. The normalized spacial score (nSPS) is 11.8. The van der Waals surface area contributed by atoms with Crippen LogP contribution >= 0.6 is 0 Å². The van der Waals surface area contributed by atoms with Gasteiger partial charge in [0.25, 0.3) is 0 Å². The predicted octanol–water partition coefficient (Wildman–Crippen LogP) is 2.40. The number of rotatable bonds is 3. The molecule has 0 atom stereocenters. The van der Waals surface area contributed by atoms with Crippen molar-refractivity contribution >= 4 is 15.7 Å². The molecule has 2 aromatic rings. The number of hydrogen-bond donors (Lipinski definition) is 1. The first kappa shape index (κ1) is 17.6. The van der Waals surface area contributed by atoms with E-state index in [2.05, 4.69) is 4.98 Å². The summed E-state index contributed by atoms with van der Waals surface area (Å²) >= 11 is 0. The predicted molar refractivity (Wildman–Crippen MR) is 76.8 cm³/mol. The number of sulfone groups is 1. The Bertz CT molecular complexity index is 935. The van der Waals surface area contributed by atoms with Gasteiger partial charge in [-0.3, -0.25) is 0 Å². The Balaban J connectivity index is 2.67. The van der Waals surface area contributed by atoms with Crippen LogP contribution < -0.4 is 10.5 Å². The zero-order valence-corrected chi connectivity index (χ0v) is 12.9. The van der Waals surface area contributed by atoms with Crippen molar-refractivity contribution in [3.8, 4) is 11.9 Å². The van der Waals surface area contributed by atoms with E-state index in [1.807, 2.05) is 0 Å². The maximum atomic E-state index is 12.8. The molecule has 0 bridgehead atoms. The molecule has 0 amide bonds. The average Bonchev–Trinajstić information content (AvgIpc) is 2.53. The Labute approximate surface area is 135 Å². The lowest BCUT2D eigenvalue weighted by molar-refractivity contribution is -0.137. The number of alkyl halides is 3. The fourth-order valence-electron chi connectivity index (χ4n) is 1.91. The number of pyridine rings is 1. The third-order valence-corrected chi connectivity index (χ3v) is 4.84. The molecule has 0 aliphatic heterocycles. The number of ether oxygens (including phenoxy) is 1. The fraction of sp³-hybridized carbons (Fsp3) is 0.143. The van der Waals surface area contributed by atoms with E-state index in [9.17, 15) is 21.6 Å². The summed E-state index contributed by atoms with van der Waals surface area (Å²) in [5, 5.41) is 9.00. The summed E-state index contributed by atoms with van der Waals surface area (Å²) in [6.07, 6.45) is -4.70. The molecule has 2 rings (SSSR count). The van der Waals surface area contributed by atoms with Crippen LogP contribution in [-0.4, -0.2) is 20.5 Å². The quantitative estimate of drug-likeness (QED) is 0.904. The van der Waals surface area contributed by atoms with Crippen LogP contribution in [0.4, 0.5) is 19.0 Å². The Kier molecular flexibility index (Phi) is 4.40. The molecule has 0 aliphatic carbocycles. The number of methoxy groups -OCH3 is 1. The highest BCUT2D eigenvalue weighted by Gasteiger charge is 2.32. The van der Waals surface area contributed by atoms with E-state index in [4.69, 9.17) is 15.7 Å². The van der Waals surface area contributed by atoms with Crippen LogP contribution in [0.1, 0.15) is 11.1 Å². The van der Waals surface area contributed by atoms with Gasteiger partial charge < -0.3 is 10.5 Å². The number of aromatic nitrogens is 1. The molecular formula is C14H10F3N3O3S. The number of benzene rings is 1. The second kappa shape index (κ2) is 6.01. The molecule has 126 valence electrons. The van der Waals surface area contributed by atoms with Crippen LogP contribution in [-0.2, 0) is 16.0 Å². The summed E-state index contributed by atoms with van der Waals surface area (Å²) in [7, 11) is -3.19. The van der Waals surface area contributed by atoms with Gasteiger partial charge >= 0.3 is 6.18 Å². The molecule has 0 radical (unpaired) electrons. The first-order valence-corrected chi connectivity index (χ1v) is 7.76. The highest BCUT2D eigenvalue weighted by molar-refractivity contribution is 7.91. The van der Waals surface area contributed by atoms with Gasteiger partial charge in [-0.05, 0) is 24.3 Å². The summed E-state index contributed by atoms with van der Waals surface area (Å²) in [4.78, 5) is 2.48. The second-order valence-corrected chi connectivity index (χ2v) is 6.49. The lowest BCUT2D eigenvalue weighted by Gasteiger charge is -2.12. The maximum absolute atomic E-state index is 12.8. The third kappa shape index (κ3) is 3.11. The molecule has 10 heteroatoms. The number of nitrogens with zero attached hydrogens (tertiary/aromatic N) is 2. The third-order valence-electron chi connectivity index (χ3n) is 3.06. The van der Waals surface area contributed by atoms with Gasteiger partial charge in [-0.1, -0.05) is 6.07 Å². The number of halogens is 3. The number of nitriles is 1. The van der Waals surface area contributed by atoms with Crippen molar-refractivity contribution in [1.82, 2.24) is 4.98 Å². The van der Waals surface area contributed by atoms with Crippen molar-refractivity contribution in [3.05, 3.63) is 41.5 Å². The first-order chi connectivity index (χ1) is 11.1. The van der Waals surface area contributed by atoms with Gasteiger partial charge in [0.2, 0.25) is 15.7 Å². The van der Waals surface area contributed by atoms with Gasteiger partial charge in [0.05, 0.1) is 17.6 Å². The molecule has 0 unspecified atom stereocenters. The fourth-order valence-corrected chi connectivity index (χ4v) is 3.30. The lowest BCUT2D eigenvalue weighted by atomic mass is 10.2. The standard InChI is InChI=1S/C14H10F3N3O3S/c1-23-13-8(7-18)5-11(12(19)20-13)24(21,22)10-4-2-3-9(6-10)14(15,16)17/h2-6H,1H3,(H2,19,20). The smallest absolute Gasteiger partial charge is 0.416 e. The summed E-state index contributed by atoms with van der Waals surface area (Å²) in [5.74, 6) is -0.666. The Hall–Kier alpha value is -2.80. The summed E-state index contributed by atoms with van der Waals surface area (Å²) in [6.45, 7) is 0. The molecule has 24 heavy (non-hydrogen) atoms. The molecule has 1 aromatic heterocycles. The van der Waals surface area contributed by atoms with Crippen molar-refractivity contribution in [2.24, 2.45) is 0 Å². The molecule has 0 fully saturated rings. The minimum absolute atomic E-state index is 0.182. The SMILES string of the molecule is COc1nc(N)c(S(=O)(=O)c2cccc(C(F)(F)F)c2)cc1C#N. The highest BCUT2D eigenvalue weighted by Crippen LogP contribution is 2.33. The highest BCUT2D eigenvalue weighted by atomic mass is 32.2. The van der Waals surface area contributed by atoms with Crippen LogP contribution in [0.5, 0.6) is 5.88 Å². The summed E-state index contributed by atoms with van der Waals surface area (Å²) in [5.41, 5.74) is 4.23. The van der Waals surface area contributed by atoms with E-state index in [-0.39, 0.29) is 11.4 Å². The lowest BCUT2D eigenvalue weighted by Crippen LogP contribution is -2.11. The molecule has 2 N–H and O–H groups in total. The first-order valence-electron chi connectivity index (χ1n) is 6.28. The van der Waals surface area contributed by atoms with Crippen molar-refractivity contribution < 1.29 is 26.3 Å². The molecule has 6 nitrogen and oxygen atoms in total.